The molecule has 0 bridgehead atoms. The zero-order chi connectivity index (χ0) is 21.9. The molecule has 1 aliphatic carbocycles. The van der Waals surface area contributed by atoms with Gasteiger partial charge < -0.3 is 19.9 Å². The van der Waals surface area contributed by atoms with Crippen molar-refractivity contribution in [2.24, 2.45) is 5.41 Å². The van der Waals surface area contributed by atoms with Crippen LogP contribution >= 0.6 is 0 Å². The standard InChI is InChI=1S/C25H31NO5/c27-19-25(14-8-3-9-15-25)24(29)26-22(18-30-16-20-10-4-1-5-11-20)23(28)31-17-21-12-6-2-7-13-21/h1-2,4-7,10-13,22,27H,3,8-9,14-19H2,(H,26,29)/t22-/m0/s1. The molecular weight excluding hydrogens is 394 g/mol. The summed E-state index contributed by atoms with van der Waals surface area (Å²) >= 11 is 0. The number of nitrogens with one attached hydrogen (secondary N) is 1. The number of hydrogen-bond acceptors (Lipinski definition) is 5. The molecule has 2 aromatic rings. The Labute approximate surface area is 183 Å². The van der Waals surface area contributed by atoms with Crippen LogP contribution in [0.15, 0.2) is 60.7 Å². The van der Waals surface area contributed by atoms with E-state index in [1.807, 2.05) is 60.7 Å². The Hall–Kier alpha value is -2.70. The van der Waals surface area contributed by atoms with E-state index in [0.717, 1.165) is 30.4 Å². The van der Waals surface area contributed by atoms with Gasteiger partial charge in [-0.05, 0) is 24.0 Å². The molecule has 3 rings (SSSR count). The van der Waals surface area contributed by atoms with Crippen molar-refractivity contribution in [3.63, 3.8) is 0 Å². The number of rotatable bonds is 10. The fourth-order valence-electron chi connectivity index (χ4n) is 3.86. The molecule has 1 aliphatic rings. The van der Waals surface area contributed by atoms with Crippen molar-refractivity contribution >= 4 is 11.9 Å². The number of hydrogen-bond donors (Lipinski definition) is 2. The molecule has 0 spiro atoms. The predicted molar refractivity (Wildman–Crippen MR) is 117 cm³/mol. The zero-order valence-corrected chi connectivity index (χ0v) is 17.8. The van der Waals surface area contributed by atoms with Gasteiger partial charge in [0.15, 0.2) is 6.04 Å². The normalized spacial score (nSPS) is 16.3. The monoisotopic (exact) mass is 425 g/mol. The van der Waals surface area contributed by atoms with Gasteiger partial charge in [0, 0.05) is 0 Å². The van der Waals surface area contributed by atoms with E-state index in [0.29, 0.717) is 19.4 Å². The van der Waals surface area contributed by atoms with Gasteiger partial charge in [0.05, 0.1) is 25.2 Å². The zero-order valence-electron chi connectivity index (χ0n) is 17.8. The van der Waals surface area contributed by atoms with E-state index < -0.39 is 17.4 Å². The second-order valence-corrected chi connectivity index (χ2v) is 8.12. The lowest BCUT2D eigenvalue weighted by atomic mass is 9.74. The van der Waals surface area contributed by atoms with E-state index in [1.165, 1.54) is 0 Å². The molecule has 2 N–H and O–H groups in total. The van der Waals surface area contributed by atoms with Crippen LogP contribution in [-0.4, -0.2) is 36.2 Å². The van der Waals surface area contributed by atoms with Gasteiger partial charge in [-0.1, -0.05) is 79.9 Å². The molecule has 0 aromatic heterocycles. The van der Waals surface area contributed by atoms with Gasteiger partial charge in [-0.2, -0.15) is 0 Å². The second-order valence-electron chi connectivity index (χ2n) is 8.12. The summed E-state index contributed by atoms with van der Waals surface area (Å²) in [6, 6.07) is 18.1. The lowest BCUT2D eigenvalue weighted by molar-refractivity contribution is -0.153. The van der Waals surface area contributed by atoms with Crippen molar-refractivity contribution in [3.05, 3.63) is 71.8 Å². The number of carbonyl (C=O) groups excluding carboxylic acids is 2. The molecule has 166 valence electrons. The number of amides is 1. The van der Waals surface area contributed by atoms with Crippen molar-refractivity contribution < 1.29 is 24.2 Å². The maximum atomic E-state index is 13.0. The lowest BCUT2D eigenvalue weighted by Gasteiger charge is -2.35. The predicted octanol–water partition coefficient (Wildman–Crippen LogP) is 3.37. The first-order valence-corrected chi connectivity index (χ1v) is 10.9. The Morgan fingerprint density at radius 1 is 0.903 bits per heavy atom. The van der Waals surface area contributed by atoms with Crippen molar-refractivity contribution in [3.8, 4) is 0 Å². The van der Waals surface area contributed by atoms with Gasteiger partial charge in [-0.15, -0.1) is 0 Å². The van der Waals surface area contributed by atoms with Crippen LogP contribution in [0.2, 0.25) is 0 Å². The van der Waals surface area contributed by atoms with Crippen molar-refractivity contribution in [2.45, 2.75) is 51.4 Å². The second kappa shape index (κ2) is 11.6. The third-order valence-electron chi connectivity index (χ3n) is 5.80. The SMILES string of the molecule is O=C(OCc1ccccc1)[C@H](COCc1ccccc1)NC(=O)C1(CO)CCCCC1. The van der Waals surface area contributed by atoms with Gasteiger partial charge in [0.1, 0.15) is 6.61 Å². The van der Waals surface area contributed by atoms with Crippen LogP contribution in [-0.2, 0) is 32.3 Å². The first-order chi connectivity index (χ1) is 15.1. The molecule has 0 radical (unpaired) electrons. The summed E-state index contributed by atoms with van der Waals surface area (Å²) < 4.78 is 11.2. The van der Waals surface area contributed by atoms with Gasteiger partial charge in [0.2, 0.25) is 5.91 Å². The smallest absolute Gasteiger partial charge is 0.331 e. The highest BCUT2D eigenvalue weighted by atomic mass is 16.5. The van der Waals surface area contributed by atoms with Gasteiger partial charge >= 0.3 is 5.97 Å². The van der Waals surface area contributed by atoms with Crippen LogP contribution in [0.3, 0.4) is 0 Å². The number of esters is 1. The van der Waals surface area contributed by atoms with Crippen LogP contribution in [0.25, 0.3) is 0 Å². The molecule has 6 nitrogen and oxygen atoms in total. The summed E-state index contributed by atoms with van der Waals surface area (Å²) in [7, 11) is 0. The first kappa shape index (κ1) is 23.0. The van der Waals surface area contributed by atoms with Gasteiger partial charge in [0.25, 0.3) is 0 Å². The summed E-state index contributed by atoms with van der Waals surface area (Å²) in [5.74, 6) is -0.853. The summed E-state index contributed by atoms with van der Waals surface area (Å²) in [5, 5.41) is 12.7. The minimum absolute atomic E-state index is 0.00420. The molecule has 1 saturated carbocycles. The van der Waals surface area contributed by atoms with E-state index in [4.69, 9.17) is 9.47 Å². The number of aliphatic hydroxyl groups excluding tert-OH is 1. The molecule has 1 atom stereocenters. The molecule has 0 unspecified atom stereocenters. The average Bonchev–Trinajstić information content (AvgIpc) is 2.83. The largest absolute Gasteiger partial charge is 0.459 e. The first-order valence-electron chi connectivity index (χ1n) is 10.9. The highest BCUT2D eigenvalue weighted by molar-refractivity contribution is 5.88. The number of benzene rings is 2. The maximum Gasteiger partial charge on any atom is 0.331 e. The summed E-state index contributed by atoms with van der Waals surface area (Å²) in [5.41, 5.74) is 1.00. The molecule has 0 saturated heterocycles. The van der Waals surface area contributed by atoms with Gasteiger partial charge in [-0.3, -0.25) is 4.79 Å². The topological polar surface area (TPSA) is 84.9 Å². The van der Waals surface area contributed by atoms with Gasteiger partial charge in [-0.25, -0.2) is 4.79 Å². The Kier molecular flexibility index (Phi) is 8.62. The van der Waals surface area contributed by atoms with Crippen molar-refractivity contribution in [2.75, 3.05) is 13.2 Å². The van der Waals surface area contributed by atoms with Crippen LogP contribution < -0.4 is 5.32 Å². The number of ether oxygens (including phenoxy) is 2. The number of aliphatic hydroxyl groups is 1. The third-order valence-corrected chi connectivity index (χ3v) is 5.80. The summed E-state index contributed by atoms with van der Waals surface area (Å²) in [6.45, 7) is 0.214. The van der Waals surface area contributed by atoms with E-state index in [-0.39, 0.29) is 25.7 Å². The fourth-order valence-corrected chi connectivity index (χ4v) is 3.86. The maximum absolute atomic E-state index is 13.0. The highest BCUT2D eigenvalue weighted by Gasteiger charge is 2.40. The fraction of sp³-hybridized carbons (Fsp3) is 0.440. The Morgan fingerprint density at radius 2 is 1.48 bits per heavy atom. The highest BCUT2D eigenvalue weighted by Crippen LogP contribution is 2.36. The molecule has 6 heteroatoms. The summed E-state index contributed by atoms with van der Waals surface area (Å²) in [6.07, 6.45) is 4.07. The quantitative estimate of drug-likeness (QED) is 0.570. The van der Waals surface area contributed by atoms with E-state index >= 15 is 0 Å². The van der Waals surface area contributed by atoms with E-state index in [2.05, 4.69) is 5.32 Å². The van der Waals surface area contributed by atoms with Crippen LogP contribution in [0.5, 0.6) is 0 Å². The molecule has 0 aliphatic heterocycles. The molecule has 0 heterocycles. The van der Waals surface area contributed by atoms with Crippen molar-refractivity contribution in [1.82, 2.24) is 5.32 Å². The molecule has 31 heavy (non-hydrogen) atoms. The van der Waals surface area contributed by atoms with Crippen LogP contribution in [0.1, 0.15) is 43.2 Å². The minimum Gasteiger partial charge on any atom is -0.459 e. The Bertz CT molecular complexity index is 818. The molecular formula is C25H31NO5. The van der Waals surface area contributed by atoms with E-state index in [9.17, 15) is 14.7 Å². The lowest BCUT2D eigenvalue weighted by Crippen LogP contribution is -2.52. The molecule has 2 aromatic carbocycles. The van der Waals surface area contributed by atoms with Crippen LogP contribution in [0.4, 0.5) is 0 Å². The molecule has 1 fully saturated rings. The minimum atomic E-state index is -0.940. The third kappa shape index (κ3) is 6.64. The van der Waals surface area contributed by atoms with E-state index in [1.54, 1.807) is 0 Å². The summed E-state index contributed by atoms with van der Waals surface area (Å²) in [4.78, 5) is 25.8. The van der Waals surface area contributed by atoms with Crippen LogP contribution in [0, 0.1) is 5.41 Å². The number of carbonyl (C=O) groups is 2. The van der Waals surface area contributed by atoms with Crippen molar-refractivity contribution in [1.29, 1.82) is 0 Å². The Morgan fingerprint density at radius 3 is 2.06 bits per heavy atom. The average molecular weight is 426 g/mol. The Balaban J connectivity index is 1.63. The molecule has 1 amide bonds.